The lowest BCUT2D eigenvalue weighted by atomic mass is 9.81. The maximum Gasteiger partial charge on any atom is 0.341 e. The Morgan fingerprint density at radius 3 is 2.43 bits per heavy atom. The van der Waals surface area contributed by atoms with Gasteiger partial charge in [0.1, 0.15) is 16.9 Å². The number of fused-ring (bicyclic) bond motifs is 5. The van der Waals surface area contributed by atoms with Crippen LogP contribution in [0, 0.1) is 0 Å². The summed E-state index contributed by atoms with van der Waals surface area (Å²) in [4.78, 5) is 26.6. The van der Waals surface area contributed by atoms with Gasteiger partial charge in [0, 0.05) is 22.5 Å². The molecule has 2 aromatic heterocycles. The zero-order valence-electron chi connectivity index (χ0n) is 28.1. The van der Waals surface area contributed by atoms with E-state index in [9.17, 15) is 9.59 Å². The van der Waals surface area contributed by atoms with E-state index >= 15 is 0 Å². The SMILES string of the molecule is CCOC(=O)c1cnn(C(C)C)c1C1=Cc2cc(OC)ccc2-c2c(C3CCCCC3)c3ccc(C(=O)OC(C)(C)C)cc3n2C1. The largest absolute Gasteiger partial charge is 0.497 e. The van der Waals surface area contributed by atoms with Gasteiger partial charge in [-0.25, -0.2) is 9.59 Å². The third-order valence-electron chi connectivity index (χ3n) is 9.01. The Hall–Kier alpha value is -4.33. The minimum Gasteiger partial charge on any atom is -0.497 e. The zero-order valence-corrected chi connectivity index (χ0v) is 28.1. The lowest BCUT2D eigenvalue weighted by molar-refractivity contribution is 0.00693. The van der Waals surface area contributed by atoms with E-state index in [4.69, 9.17) is 14.2 Å². The number of methoxy groups -OCH3 is 1. The molecule has 1 aliphatic heterocycles. The third-order valence-corrected chi connectivity index (χ3v) is 9.01. The van der Waals surface area contributed by atoms with Gasteiger partial charge in [0.25, 0.3) is 0 Å². The predicted octanol–water partition coefficient (Wildman–Crippen LogP) is 8.83. The smallest absolute Gasteiger partial charge is 0.341 e. The van der Waals surface area contributed by atoms with Crippen LogP contribution in [0.4, 0.5) is 0 Å². The quantitative estimate of drug-likeness (QED) is 0.191. The van der Waals surface area contributed by atoms with Gasteiger partial charge in [-0.05, 0) is 113 Å². The first-order valence-electron chi connectivity index (χ1n) is 16.5. The molecule has 0 atom stereocenters. The molecule has 0 spiro atoms. The van der Waals surface area contributed by atoms with Crippen molar-refractivity contribution in [3.63, 3.8) is 0 Å². The molecule has 0 radical (unpaired) electrons. The van der Waals surface area contributed by atoms with Crippen LogP contribution in [0.1, 0.15) is 123 Å². The van der Waals surface area contributed by atoms with E-state index in [2.05, 4.69) is 47.8 Å². The molecule has 1 aliphatic carbocycles. The fourth-order valence-corrected chi connectivity index (χ4v) is 7.08. The van der Waals surface area contributed by atoms with Gasteiger partial charge < -0.3 is 18.8 Å². The summed E-state index contributed by atoms with van der Waals surface area (Å²) in [5, 5.41) is 5.82. The summed E-state index contributed by atoms with van der Waals surface area (Å²) in [6.07, 6.45) is 9.68. The molecule has 46 heavy (non-hydrogen) atoms. The summed E-state index contributed by atoms with van der Waals surface area (Å²) in [6.45, 7) is 12.3. The van der Waals surface area contributed by atoms with E-state index in [1.807, 2.05) is 50.6 Å². The van der Waals surface area contributed by atoms with Crippen LogP contribution in [0.15, 0.2) is 42.6 Å². The number of rotatable bonds is 7. The summed E-state index contributed by atoms with van der Waals surface area (Å²) < 4.78 is 21.2. The van der Waals surface area contributed by atoms with Crippen molar-refractivity contribution in [1.29, 1.82) is 0 Å². The average Bonchev–Trinajstić information content (AvgIpc) is 3.56. The minimum absolute atomic E-state index is 0.00422. The Balaban J connectivity index is 1.66. The molecular formula is C38H45N3O5. The summed E-state index contributed by atoms with van der Waals surface area (Å²) >= 11 is 0. The third kappa shape index (κ3) is 5.85. The van der Waals surface area contributed by atoms with Crippen molar-refractivity contribution in [2.24, 2.45) is 0 Å². The molecule has 4 aromatic rings. The maximum absolute atomic E-state index is 13.3. The first kappa shape index (κ1) is 31.6. The van der Waals surface area contributed by atoms with Crippen molar-refractivity contribution >= 4 is 34.5 Å². The van der Waals surface area contributed by atoms with Crippen LogP contribution in [-0.4, -0.2) is 45.6 Å². The number of nitrogens with zero attached hydrogens (tertiary/aromatic N) is 3. The van der Waals surface area contributed by atoms with E-state index in [0.717, 1.165) is 57.6 Å². The molecule has 242 valence electrons. The van der Waals surface area contributed by atoms with Crippen LogP contribution in [0.25, 0.3) is 33.8 Å². The summed E-state index contributed by atoms with van der Waals surface area (Å²) in [5.41, 5.74) is 7.57. The Kier molecular flexibility index (Phi) is 8.57. The van der Waals surface area contributed by atoms with Crippen molar-refractivity contribution in [3.8, 4) is 17.0 Å². The van der Waals surface area contributed by atoms with Crippen LogP contribution in [0.2, 0.25) is 0 Å². The topological polar surface area (TPSA) is 84.6 Å². The number of aromatic nitrogens is 3. The molecule has 8 nitrogen and oxygen atoms in total. The highest BCUT2D eigenvalue weighted by Gasteiger charge is 2.32. The fourth-order valence-electron chi connectivity index (χ4n) is 7.08. The van der Waals surface area contributed by atoms with E-state index in [1.54, 1.807) is 13.3 Å². The van der Waals surface area contributed by atoms with Crippen molar-refractivity contribution in [2.75, 3.05) is 13.7 Å². The number of carbonyl (C=O) groups excluding carboxylic acids is 2. The Morgan fingerprint density at radius 1 is 1.00 bits per heavy atom. The van der Waals surface area contributed by atoms with E-state index in [0.29, 0.717) is 23.6 Å². The van der Waals surface area contributed by atoms with Crippen molar-refractivity contribution in [1.82, 2.24) is 14.3 Å². The van der Waals surface area contributed by atoms with Crippen LogP contribution >= 0.6 is 0 Å². The van der Waals surface area contributed by atoms with E-state index < -0.39 is 11.6 Å². The molecule has 3 heterocycles. The standard InChI is InChI=1S/C38H45N3O5/c1-8-45-37(43)31-21-39-41(23(2)3)34(31)27-18-26-19-28(44-7)15-17-29(26)35-33(24-12-10-9-11-13-24)30-16-14-25(20-32(30)40(35)22-27)36(42)46-38(4,5)6/h14-21,23-24H,8-13,22H2,1-7H3. The monoisotopic (exact) mass is 623 g/mol. The van der Waals surface area contributed by atoms with Crippen LogP contribution in [-0.2, 0) is 16.0 Å². The molecule has 0 amide bonds. The second-order valence-electron chi connectivity index (χ2n) is 13.7. The second-order valence-corrected chi connectivity index (χ2v) is 13.7. The Morgan fingerprint density at radius 2 is 1.76 bits per heavy atom. The highest BCUT2D eigenvalue weighted by Crippen LogP contribution is 2.48. The predicted molar refractivity (Wildman–Crippen MR) is 181 cm³/mol. The molecule has 2 aliphatic rings. The minimum atomic E-state index is -0.609. The lowest BCUT2D eigenvalue weighted by Crippen LogP contribution is -2.23. The maximum atomic E-state index is 13.3. The number of hydrogen-bond acceptors (Lipinski definition) is 6. The van der Waals surface area contributed by atoms with E-state index in [1.165, 1.54) is 24.8 Å². The summed E-state index contributed by atoms with van der Waals surface area (Å²) in [7, 11) is 1.68. The van der Waals surface area contributed by atoms with Gasteiger partial charge in [0.2, 0.25) is 0 Å². The fraction of sp³-hybridized carbons (Fsp3) is 0.447. The molecule has 2 aromatic carbocycles. The Bertz CT molecular complexity index is 1830. The van der Waals surface area contributed by atoms with E-state index in [-0.39, 0.29) is 18.6 Å². The molecule has 1 fully saturated rings. The van der Waals surface area contributed by atoms with Crippen LogP contribution in [0.5, 0.6) is 5.75 Å². The molecule has 6 rings (SSSR count). The molecule has 0 bridgehead atoms. The normalized spacial score (nSPS) is 15.3. The Labute approximate surface area is 271 Å². The van der Waals surface area contributed by atoms with Crippen LogP contribution in [0.3, 0.4) is 0 Å². The van der Waals surface area contributed by atoms with Gasteiger partial charge in [0.05, 0.1) is 43.4 Å². The van der Waals surface area contributed by atoms with Gasteiger partial charge in [-0.3, -0.25) is 4.68 Å². The number of allylic oxidation sites excluding steroid dienone is 1. The second kappa shape index (κ2) is 12.5. The number of hydrogen-bond donors (Lipinski definition) is 0. The highest BCUT2D eigenvalue weighted by atomic mass is 16.6. The number of esters is 2. The van der Waals surface area contributed by atoms with Gasteiger partial charge in [0.15, 0.2) is 0 Å². The van der Waals surface area contributed by atoms with Gasteiger partial charge in [-0.2, -0.15) is 5.10 Å². The molecule has 8 heteroatoms. The first-order valence-corrected chi connectivity index (χ1v) is 16.5. The highest BCUT2D eigenvalue weighted by molar-refractivity contribution is 6.03. The van der Waals surface area contributed by atoms with Gasteiger partial charge >= 0.3 is 11.9 Å². The van der Waals surface area contributed by atoms with Crippen molar-refractivity contribution in [2.45, 2.75) is 97.8 Å². The molecule has 0 saturated heterocycles. The first-order chi connectivity index (χ1) is 22.0. The molecule has 0 unspecified atom stereocenters. The molecule has 0 N–H and O–H groups in total. The molecule has 1 saturated carbocycles. The summed E-state index contributed by atoms with van der Waals surface area (Å²) in [6, 6.07) is 12.2. The van der Waals surface area contributed by atoms with Gasteiger partial charge in [-0.1, -0.05) is 25.3 Å². The van der Waals surface area contributed by atoms with Crippen molar-refractivity contribution < 1.29 is 23.8 Å². The molecular weight excluding hydrogens is 578 g/mol. The number of ether oxygens (including phenoxy) is 3. The average molecular weight is 624 g/mol. The summed E-state index contributed by atoms with van der Waals surface area (Å²) in [5.74, 6) is 0.412. The van der Waals surface area contributed by atoms with Crippen LogP contribution < -0.4 is 4.74 Å². The number of benzene rings is 2. The zero-order chi connectivity index (χ0) is 32.7. The lowest BCUT2D eigenvalue weighted by Gasteiger charge is -2.24. The van der Waals surface area contributed by atoms with Gasteiger partial charge in [-0.15, -0.1) is 0 Å². The van der Waals surface area contributed by atoms with Crippen molar-refractivity contribution in [3.05, 3.63) is 70.5 Å². The number of carbonyl (C=O) groups is 2.